The second-order valence-electron chi connectivity index (χ2n) is 7.36. The normalized spacial score (nSPS) is 24.8. The second kappa shape index (κ2) is 7.39. The number of nitrogens with zero attached hydrogens (tertiary/aromatic N) is 2. The fourth-order valence-corrected chi connectivity index (χ4v) is 4.02. The van der Waals surface area contributed by atoms with Crippen molar-refractivity contribution in [3.8, 4) is 0 Å². The van der Waals surface area contributed by atoms with Crippen molar-refractivity contribution < 1.29 is 9.53 Å². The molecule has 0 aromatic heterocycles. The van der Waals surface area contributed by atoms with Gasteiger partial charge in [-0.05, 0) is 56.7 Å². The van der Waals surface area contributed by atoms with Crippen LogP contribution in [-0.2, 0) is 11.3 Å². The van der Waals surface area contributed by atoms with Crippen molar-refractivity contribution in [2.75, 3.05) is 26.2 Å². The topological polar surface area (TPSA) is 32.8 Å². The number of carbonyl (C=O) groups is 1. The second-order valence-corrected chi connectivity index (χ2v) is 7.36. The summed E-state index contributed by atoms with van der Waals surface area (Å²) in [6, 6.07) is 10.7. The van der Waals surface area contributed by atoms with Crippen molar-refractivity contribution in [3.63, 3.8) is 0 Å². The van der Waals surface area contributed by atoms with Crippen LogP contribution in [-0.4, -0.2) is 42.1 Å². The van der Waals surface area contributed by atoms with E-state index in [2.05, 4.69) is 41.8 Å². The van der Waals surface area contributed by atoms with Gasteiger partial charge in [0.05, 0.1) is 5.76 Å². The lowest BCUT2D eigenvalue weighted by atomic mass is 9.80. The van der Waals surface area contributed by atoms with E-state index in [0.29, 0.717) is 5.76 Å². The van der Waals surface area contributed by atoms with E-state index in [1.54, 1.807) is 6.92 Å². The van der Waals surface area contributed by atoms with E-state index in [0.717, 1.165) is 45.6 Å². The molecule has 2 aliphatic heterocycles. The maximum atomic E-state index is 12.1. The number of benzene rings is 1. The molecular weight excluding hydrogens is 300 g/mol. The van der Waals surface area contributed by atoms with Crippen LogP contribution in [0.3, 0.4) is 0 Å². The average Bonchev–Trinajstić information content (AvgIpc) is 2.87. The van der Waals surface area contributed by atoms with Gasteiger partial charge >= 0.3 is 6.09 Å². The van der Waals surface area contributed by atoms with Crippen molar-refractivity contribution in [1.29, 1.82) is 0 Å². The zero-order valence-corrected chi connectivity index (χ0v) is 14.7. The summed E-state index contributed by atoms with van der Waals surface area (Å²) < 4.78 is 5.18. The highest BCUT2D eigenvalue weighted by molar-refractivity contribution is 5.69. The summed E-state index contributed by atoms with van der Waals surface area (Å²) in [5.74, 6) is 0.468. The van der Waals surface area contributed by atoms with Crippen molar-refractivity contribution >= 4 is 6.09 Å². The lowest BCUT2D eigenvalue weighted by Crippen LogP contribution is -2.33. The Morgan fingerprint density at radius 2 is 1.92 bits per heavy atom. The van der Waals surface area contributed by atoms with Gasteiger partial charge < -0.3 is 9.64 Å². The fraction of sp³-hybridized carbons (Fsp3) is 0.550. The molecule has 2 fully saturated rings. The molecule has 0 N–H and O–H groups in total. The van der Waals surface area contributed by atoms with E-state index in [1.807, 2.05) is 4.90 Å². The lowest BCUT2D eigenvalue weighted by molar-refractivity contribution is 0.130. The zero-order chi connectivity index (χ0) is 17.0. The molecule has 1 atom stereocenters. The minimum absolute atomic E-state index is 0.232. The number of amides is 1. The van der Waals surface area contributed by atoms with Gasteiger partial charge in [0.1, 0.15) is 0 Å². The Hall–Kier alpha value is -1.81. The maximum Gasteiger partial charge on any atom is 0.414 e. The third kappa shape index (κ3) is 4.18. The average molecular weight is 328 g/mol. The van der Waals surface area contributed by atoms with Gasteiger partial charge in [-0.15, -0.1) is 0 Å². The first-order chi connectivity index (χ1) is 11.6. The molecule has 0 saturated carbocycles. The quantitative estimate of drug-likeness (QED) is 0.785. The van der Waals surface area contributed by atoms with E-state index in [4.69, 9.17) is 4.74 Å². The Kier molecular flexibility index (Phi) is 5.24. The molecule has 130 valence electrons. The summed E-state index contributed by atoms with van der Waals surface area (Å²) in [7, 11) is 0. The summed E-state index contributed by atoms with van der Waals surface area (Å²) in [5, 5.41) is 0. The Balaban J connectivity index is 1.55. The van der Waals surface area contributed by atoms with Crippen molar-refractivity contribution in [3.05, 3.63) is 48.2 Å². The van der Waals surface area contributed by atoms with E-state index < -0.39 is 0 Å². The van der Waals surface area contributed by atoms with Crippen LogP contribution in [0.4, 0.5) is 4.79 Å². The van der Waals surface area contributed by atoms with Crippen LogP contribution in [0.25, 0.3) is 0 Å². The molecule has 0 aliphatic carbocycles. The minimum atomic E-state index is -0.232. The van der Waals surface area contributed by atoms with Crippen LogP contribution < -0.4 is 0 Å². The highest BCUT2D eigenvalue weighted by Gasteiger charge is 2.41. The molecule has 4 heteroatoms. The van der Waals surface area contributed by atoms with Crippen LogP contribution in [0, 0.1) is 5.41 Å². The first-order valence-corrected chi connectivity index (χ1v) is 8.95. The van der Waals surface area contributed by atoms with Gasteiger partial charge in [0.25, 0.3) is 0 Å². The number of rotatable bonds is 3. The lowest BCUT2D eigenvalue weighted by Gasteiger charge is -2.28. The number of carbonyl (C=O) groups excluding carboxylic acids is 1. The highest BCUT2D eigenvalue weighted by Crippen LogP contribution is 2.40. The molecule has 1 aromatic rings. The SMILES string of the molecule is C=C(C)OC(=O)N1CCC2(CCCN(Cc3ccccc3)CC2)C1. The van der Waals surface area contributed by atoms with Crippen LogP contribution >= 0.6 is 0 Å². The molecule has 0 bridgehead atoms. The van der Waals surface area contributed by atoms with E-state index in [1.165, 1.54) is 18.4 Å². The van der Waals surface area contributed by atoms with Gasteiger partial charge in [-0.1, -0.05) is 36.9 Å². The van der Waals surface area contributed by atoms with Gasteiger partial charge in [-0.25, -0.2) is 4.79 Å². The minimum Gasteiger partial charge on any atom is -0.416 e. The monoisotopic (exact) mass is 328 g/mol. The molecular formula is C20H28N2O2. The number of hydrogen-bond acceptors (Lipinski definition) is 3. The van der Waals surface area contributed by atoms with Crippen molar-refractivity contribution in [1.82, 2.24) is 9.80 Å². The fourth-order valence-electron chi connectivity index (χ4n) is 4.02. The third-order valence-corrected chi connectivity index (χ3v) is 5.35. The standard InChI is InChI=1S/C20H28N2O2/c1-17(2)24-19(23)22-14-11-20(16-22)9-6-12-21(13-10-20)15-18-7-4-3-5-8-18/h3-5,7-8H,1,6,9-16H2,2H3. The van der Waals surface area contributed by atoms with E-state index >= 15 is 0 Å². The molecule has 2 saturated heterocycles. The predicted molar refractivity (Wildman–Crippen MR) is 95.5 cm³/mol. The van der Waals surface area contributed by atoms with E-state index in [9.17, 15) is 4.79 Å². The van der Waals surface area contributed by atoms with Gasteiger partial charge in [-0.3, -0.25) is 4.90 Å². The third-order valence-electron chi connectivity index (χ3n) is 5.35. The van der Waals surface area contributed by atoms with Crippen LogP contribution in [0.5, 0.6) is 0 Å². The summed E-state index contributed by atoms with van der Waals surface area (Å²) in [5.41, 5.74) is 1.66. The molecule has 24 heavy (non-hydrogen) atoms. The van der Waals surface area contributed by atoms with Gasteiger partial charge in [-0.2, -0.15) is 0 Å². The maximum absolute atomic E-state index is 12.1. The first-order valence-electron chi connectivity index (χ1n) is 8.95. The van der Waals surface area contributed by atoms with Crippen LogP contribution in [0.2, 0.25) is 0 Å². The summed E-state index contributed by atoms with van der Waals surface area (Å²) in [6.45, 7) is 10.3. The molecule has 2 aliphatic rings. The summed E-state index contributed by atoms with van der Waals surface area (Å²) in [6.07, 6.45) is 4.43. The van der Waals surface area contributed by atoms with E-state index in [-0.39, 0.29) is 11.5 Å². The molecule has 0 radical (unpaired) electrons. The Labute approximate surface area is 145 Å². The molecule has 4 nitrogen and oxygen atoms in total. The number of hydrogen-bond donors (Lipinski definition) is 0. The Morgan fingerprint density at radius 3 is 2.67 bits per heavy atom. The largest absolute Gasteiger partial charge is 0.416 e. The van der Waals surface area contributed by atoms with Gasteiger partial charge in [0.15, 0.2) is 0 Å². The summed E-state index contributed by atoms with van der Waals surface area (Å²) in [4.78, 5) is 16.5. The van der Waals surface area contributed by atoms with Crippen molar-refractivity contribution in [2.45, 2.75) is 39.2 Å². The zero-order valence-electron chi connectivity index (χ0n) is 14.7. The molecule has 1 unspecified atom stereocenters. The highest BCUT2D eigenvalue weighted by atomic mass is 16.6. The number of allylic oxidation sites excluding steroid dienone is 1. The molecule has 1 amide bonds. The summed E-state index contributed by atoms with van der Waals surface area (Å²) >= 11 is 0. The Morgan fingerprint density at radius 1 is 1.17 bits per heavy atom. The van der Waals surface area contributed by atoms with Crippen LogP contribution in [0.15, 0.2) is 42.7 Å². The molecule has 1 spiro atoms. The smallest absolute Gasteiger partial charge is 0.414 e. The number of ether oxygens (including phenoxy) is 1. The number of likely N-dealkylation sites (tertiary alicyclic amines) is 2. The molecule has 1 aromatic carbocycles. The van der Waals surface area contributed by atoms with Gasteiger partial charge in [0.2, 0.25) is 0 Å². The van der Waals surface area contributed by atoms with Crippen LogP contribution in [0.1, 0.15) is 38.2 Å². The predicted octanol–water partition coefficient (Wildman–Crippen LogP) is 4.03. The van der Waals surface area contributed by atoms with Crippen molar-refractivity contribution in [2.24, 2.45) is 5.41 Å². The van der Waals surface area contributed by atoms with Gasteiger partial charge in [0, 0.05) is 19.6 Å². The Bertz CT molecular complexity index is 587. The molecule has 2 heterocycles. The first kappa shape index (κ1) is 17.0. The molecule has 3 rings (SSSR count).